The van der Waals surface area contributed by atoms with Crippen LogP contribution in [0.3, 0.4) is 0 Å². The highest BCUT2D eigenvalue weighted by Crippen LogP contribution is 2.17. The summed E-state index contributed by atoms with van der Waals surface area (Å²) in [7, 11) is 0. The molecule has 0 aliphatic carbocycles. The Kier molecular flexibility index (Phi) is 4.32. The zero-order valence-electron chi connectivity index (χ0n) is 11.4. The molecule has 4 aromatic rings. The first-order valence-corrected chi connectivity index (χ1v) is 7.54. The molecule has 4 rings (SSSR count). The molecule has 0 saturated heterocycles. The lowest BCUT2D eigenvalue weighted by atomic mass is 10.1. The van der Waals surface area contributed by atoms with Crippen molar-refractivity contribution < 1.29 is 0 Å². The van der Waals surface area contributed by atoms with Gasteiger partial charge in [0.2, 0.25) is 0 Å². The van der Waals surface area contributed by atoms with Crippen LogP contribution in [0.5, 0.6) is 0 Å². The van der Waals surface area contributed by atoms with Gasteiger partial charge >= 0.3 is 0 Å². The average molecular weight is 333 g/mol. The van der Waals surface area contributed by atoms with E-state index in [1.54, 1.807) is 0 Å². The Hall–Kier alpha value is -2.12. The third kappa shape index (κ3) is 3.50. The SMILES string of the molecule is Brc1[c]c2ccccc2cc1.[c]1cccc2ccccc12. The summed E-state index contributed by atoms with van der Waals surface area (Å²) < 4.78 is 1.01. The summed E-state index contributed by atoms with van der Waals surface area (Å²) in [6.45, 7) is 0. The van der Waals surface area contributed by atoms with Gasteiger partial charge < -0.3 is 0 Å². The van der Waals surface area contributed by atoms with Gasteiger partial charge in [-0.2, -0.15) is 0 Å². The molecule has 0 heterocycles. The highest BCUT2D eigenvalue weighted by atomic mass is 79.9. The second kappa shape index (κ2) is 6.55. The zero-order valence-corrected chi connectivity index (χ0v) is 13.0. The van der Waals surface area contributed by atoms with Gasteiger partial charge in [-0.1, -0.05) is 88.7 Å². The number of benzene rings is 4. The van der Waals surface area contributed by atoms with Crippen LogP contribution in [0.15, 0.2) is 83.3 Å². The predicted octanol–water partition coefficient (Wildman–Crippen LogP) is 6.04. The van der Waals surface area contributed by atoms with Crippen LogP contribution in [-0.4, -0.2) is 0 Å². The van der Waals surface area contributed by atoms with E-state index >= 15 is 0 Å². The van der Waals surface area contributed by atoms with Crippen LogP contribution in [0.4, 0.5) is 0 Å². The molecule has 100 valence electrons. The van der Waals surface area contributed by atoms with Gasteiger partial charge in [-0.25, -0.2) is 0 Å². The summed E-state index contributed by atoms with van der Waals surface area (Å²) in [5, 5.41) is 4.83. The Morgan fingerprint density at radius 1 is 0.619 bits per heavy atom. The quantitative estimate of drug-likeness (QED) is 0.368. The maximum atomic E-state index is 3.38. The third-order valence-electron chi connectivity index (χ3n) is 3.20. The fourth-order valence-electron chi connectivity index (χ4n) is 2.15. The second-order valence-electron chi connectivity index (χ2n) is 4.65. The lowest BCUT2D eigenvalue weighted by Gasteiger charge is -1.95. The highest BCUT2D eigenvalue weighted by Gasteiger charge is 1.91. The fraction of sp³-hybridized carbons (Fsp3) is 0. The molecule has 0 spiro atoms. The van der Waals surface area contributed by atoms with E-state index in [4.69, 9.17) is 0 Å². The van der Waals surface area contributed by atoms with Gasteiger partial charge in [0, 0.05) is 10.5 Å². The first kappa shape index (κ1) is 13.8. The molecular formula is C20H13Br. The number of rotatable bonds is 0. The Bertz CT molecular complexity index is 800. The van der Waals surface area contributed by atoms with Crippen LogP contribution in [0.2, 0.25) is 0 Å². The standard InChI is InChI=1S/C10H6Br.C10H7/c11-10-6-5-8-3-1-2-4-9(8)7-10;1-2-6-10-8-4-3-7-9(10)5-1/h1-6H;1-7H. The summed E-state index contributed by atoms with van der Waals surface area (Å²) >= 11 is 3.38. The zero-order chi connectivity index (χ0) is 14.5. The lowest BCUT2D eigenvalue weighted by molar-refractivity contribution is 1.69. The topological polar surface area (TPSA) is 0 Å². The minimum absolute atomic E-state index is 1.01. The summed E-state index contributed by atoms with van der Waals surface area (Å²) in [5.41, 5.74) is 0. The summed E-state index contributed by atoms with van der Waals surface area (Å²) in [4.78, 5) is 0. The summed E-state index contributed by atoms with van der Waals surface area (Å²) in [6, 6.07) is 32.9. The molecule has 0 amide bonds. The third-order valence-corrected chi connectivity index (χ3v) is 3.66. The first-order chi connectivity index (χ1) is 10.3. The highest BCUT2D eigenvalue weighted by molar-refractivity contribution is 9.10. The minimum atomic E-state index is 1.01. The molecule has 0 aromatic heterocycles. The molecule has 0 nitrogen and oxygen atoms in total. The van der Waals surface area contributed by atoms with E-state index in [1.165, 1.54) is 16.2 Å². The van der Waals surface area contributed by atoms with Crippen LogP contribution >= 0.6 is 15.9 Å². The van der Waals surface area contributed by atoms with Crippen LogP contribution < -0.4 is 0 Å². The van der Waals surface area contributed by atoms with Crippen LogP contribution in [0.25, 0.3) is 21.5 Å². The Balaban J connectivity index is 0.000000126. The lowest BCUT2D eigenvalue weighted by Crippen LogP contribution is -1.70. The van der Waals surface area contributed by atoms with Gasteiger partial charge in [0.15, 0.2) is 0 Å². The molecule has 0 atom stereocenters. The number of hydrogen-bond donors (Lipinski definition) is 0. The summed E-state index contributed by atoms with van der Waals surface area (Å²) in [5.74, 6) is 0. The molecule has 0 bridgehead atoms. The van der Waals surface area contributed by atoms with E-state index in [-0.39, 0.29) is 0 Å². The van der Waals surface area contributed by atoms with Crippen LogP contribution in [0.1, 0.15) is 0 Å². The Morgan fingerprint density at radius 2 is 1.24 bits per heavy atom. The number of hydrogen-bond acceptors (Lipinski definition) is 0. The molecule has 0 aliphatic rings. The van der Waals surface area contributed by atoms with Crippen molar-refractivity contribution >= 4 is 37.5 Å². The van der Waals surface area contributed by atoms with Crippen molar-refractivity contribution in [3.05, 3.63) is 95.5 Å². The molecule has 0 N–H and O–H groups in total. The van der Waals surface area contributed by atoms with Crippen molar-refractivity contribution in [2.24, 2.45) is 0 Å². The molecule has 1 heteroatoms. The molecule has 0 unspecified atom stereocenters. The maximum Gasteiger partial charge on any atom is 0.0260 e. The minimum Gasteiger partial charge on any atom is -0.0616 e. The van der Waals surface area contributed by atoms with E-state index in [2.05, 4.69) is 64.5 Å². The van der Waals surface area contributed by atoms with Crippen LogP contribution in [0, 0.1) is 12.1 Å². The first-order valence-electron chi connectivity index (χ1n) is 6.75. The molecule has 0 saturated carbocycles. The number of halogens is 1. The normalized spacial score (nSPS) is 10.1. The molecule has 2 radical (unpaired) electrons. The van der Waals surface area contributed by atoms with Gasteiger partial charge in [0.1, 0.15) is 0 Å². The van der Waals surface area contributed by atoms with E-state index in [0.717, 1.165) is 9.86 Å². The Labute approximate surface area is 133 Å². The largest absolute Gasteiger partial charge is 0.0616 e. The fourth-order valence-corrected chi connectivity index (χ4v) is 2.50. The van der Waals surface area contributed by atoms with E-state index in [0.29, 0.717) is 0 Å². The smallest absolute Gasteiger partial charge is 0.0260 e. The Morgan fingerprint density at radius 3 is 2.00 bits per heavy atom. The molecule has 21 heavy (non-hydrogen) atoms. The molecule has 0 fully saturated rings. The van der Waals surface area contributed by atoms with Gasteiger partial charge in [-0.15, -0.1) is 0 Å². The van der Waals surface area contributed by atoms with Gasteiger partial charge in [0.25, 0.3) is 0 Å². The molecule has 0 aliphatic heterocycles. The average Bonchev–Trinajstić information content (AvgIpc) is 2.55. The summed E-state index contributed by atoms with van der Waals surface area (Å²) in [6.07, 6.45) is 0. The van der Waals surface area contributed by atoms with Crippen LogP contribution in [-0.2, 0) is 0 Å². The monoisotopic (exact) mass is 332 g/mol. The van der Waals surface area contributed by atoms with E-state index in [1.807, 2.05) is 42.5 Å². The molecule has 4 aromatic carbocycles. The van der Waals surface area contributed by atoms with E-state index in [9.17, 15) is 0 Å². The van der Waals surface area contributed by atoms with Gasteiger partial charge in [-0.3, -0.25) is 0 Å². The van der Waals surface area contributed by atoms with E-state index < -0.39 is 0 Å². The van der Waals surface area contributed by atoms with Crippen molar-refractivity contribution in [1.82, 2.24) is 0 Å². The van der Waals surface area contributed by atoms with Crippen molar-refractivity contribution in [3.63, 3.8) is 0 Å². The predicted molar refractivity (Wildman–Crippen MR) is 93.3 cm³/mol. The van der Waals surface area contributed by atoms with Crippen molar-refractivity contribution in [2.45, 2.75) is 0 Å². The van der Waals surface area contributed by atoms with Crippen molar-refractivity contribution in [3.8, 4) is 0 Å². The molecular weight excluding hydrogens is 320 g/mol. The second-order valence-corrected chi connectivity index (χ2v) is 5.51. The van der Waals surface area contributed by atoms with Crippen molar-refractivity contribution in [1.29, 1.82) is 0 Å². The number of fused-ring (bicyclic) bond motifs is 2. The van der Waals surface area contributed by atoms with Gasteiger partial charge in [-0.05, 0) is 33.7 Å². The van der Waals surface area contributed by atoms with Crippen molar-refractivity contribution in [2.75, 3.05) is 0 Å². The van der Waals surface area contributed by atoms with Gasteiger partial charge in [0.05, 0.1) is 0 Å². The maximum absolute atomic E-state index is 3.38.